The van der Waals surface area contributed by atoms with Gasteiger partial charge in [-0.05, 0) is 60.5 Å². The highest BCUT2D eigenvalue weighted by atomic mass is 79.9. The predicted molar refractivity (Wildman–Crippen MR) is 109 cm³/mol. The highest BCUT2D eigenvalue weighted by Crippen LogP contribution is 2.33. The van der Waals surface area contributed by atoms with Gasteiger partial charge in [0.05, 0.1) is 30.2 Å². The number of hydrogen-bond acceptors (Lipinski definition) is 6. The second-order valence-corrected chi connectivity index (χ2v) is 7.40. The fraction of sp³-hybridized carbons (Fsp3) is 0.200. The zero-order valence-electron chi connectivity index (χ0n) is 15.5. The molecule has 0 spiro atoms. The fourth-order valence-corrected chi connectivity index (χ4v) is 3.25. The molecule has 0 atom stereocenters. The number of nitrogens with zero attached hydrogens (tertiary/aromatic N) is 3. The molecule has 3 heterocycles. The first-order valence-electron chi connectivity index (χ1n) is 8.70. The molecule has 0 amide bonds. The molecule has 4 rings (SSSR count). The van der Waals surface area contributed by atoms with Crippen LogP contribution in [-0.4, -0.2) is 32.0 Å². The molecular weight excluding hydrogens is 424 g/mol. The number of benzene rings is 1. The smallest absolute Gasteiger partial charge is 0.357 e. The first kappa shape index (κ1) is 18.4. The molecule has 1 N–H and O–H groups in total. The number of ether oxygens (including phenoxy) is 2. The van der Waals surface area contributed by atoms with Gasteiger partial charge in [-0.2, -0.15) is 0 Å². The monoisotopic (exact) mass is 440 g/mol. The predicted octanol–water partition coefficient (Wildman–Crippen LogP) is 4.93. The van der Waals surface area contributed by atoms with E-state index in [-0.39, 0.29) is 6.10 Å². The summed E-state index contributed by atoms with van der Waals surface area (Å²) < 4.78 is 11.8. The van der Waals surface area contributed by atoms with Gasteiger partial charge >= 0.3 is 5.97 Å². The van der Waals surface area contributed by atoms with Crippen LogP contribution in [-0.2, 0) is 4.74 Å². The number of carbonyl (C=O) groups is 1. The number of esters is 1. The van der Waals surface area contributed by atoms with Crippen molar-refractivity contribution < 1.29 is 14.3 Å². The minimum absolute atomic E-state index is 0.209. The molecular formula is C20H17BrN4O3. The van der Waals surface area contributed by atoms with Gasteiger partial charge in [-0.1, -0.05) is 0 Å². The maximum absolute atomic E-state index is 12.4. The van der Waals surface area contributed by atoms with E-state index < -0.39 is 5.97 Å². The number of carbonyl (C=O) groups excluding carboxylic acids is 1. The average molecular weight is 441 g/mol. The number of H-pyrrole nitrogens is 1. The summed E-state index contributed by atoms with van der Waals surface area (Å²) in [5.74, 6) is 0.579. The molecule has 0 aliphatic heterocycles. The Morgan fingerprint density at radius 3 is 2.64 bits per heavy atom. The first-order valence-corrected chi connectivity index (χ1v) is 9.49. The van der Waals surface area contributed by atoms with Gasteiger partial charge in [0.2, 0.25) is 5.88 Å². The summed E-state index contributed by atoms with van der Waals surface area (Å²) in [6.07, 6.45) is 4.56. The van der Waals surface area contributed by atoms with Gasteiger partial charge in [-0.3, -0.25) is 0 Å². The van der Waals surface area contributed by atoms with Gasteiger partial charge in [0.15, 0.2) is 5.69 Å². The third-order valence-electron chi connectivity index (χ3n) is 4.21. The summed E-state index contributed by atoms with van der Waals surface area (Å²) >= 11 is 3.25. The Bertz CT molecular complexity index is 1190. The topological polar surface area (TPSA) is 90.0 Å². The summed E-state index contributed by atoms with van der Waals surface area (Å²) in [4.78, 5) is 28.3. The van der Waals surface area contributed by atoms with Crippen LogP contribution in [0.5, 0.6) is 11.6 Å². The largest absolute Gasteiger partial charge is 0.458 e. The molecule has 1 aromatic carbocycles. The van der Waals surface area contributed by atoms with Gasteiger partial charge in [0, 0.05) is 16.3 Å². The Morgan fingerprint density at radius 2 is 1.93 bits per heavy atom. The summed E-state index contributed by atoms with van der Waals surface area (Å²) in [6.45, 7) is 5.49. The van der Waals surface area contributed by atoms with Crippen molar-refractivity contribution >= 4 is 43.7 Å². The quantitative estimate of drug-likeness (QED) is 0.452. The number of aryl methyl sites for hydroxylation is 1. The number of fused-ring (bicyclic) bond motifs is 3. The minimum Gasteiger partial charge on any atom is -0.458 e. The van der Waals surface area contributed by atoms with Crippen LogP contribution in [0, 0.1) is 6.92 Å². The van der Waals surface area contributed by atoms with Crippen LogP contribution in [0.15, 0.2) is 41.4 Å². The summed E-state index contributed by atoms with van der Waals surface area (Å²) in [6, 6.07) is 5.67. The molecule has 7 nitrogen and oxygen atoms in total. The molecule has 0 bridgehead atoms. The number of rotatable bonds is 4. The Kier molecular flexibility index (Phi) is 4.72. The lowest BCUT2D eigenvalue weighted by molar-refractivity contribution is 0.0370. The molecule has 0 radical (unpaired) electrons. The summed E-state index contributed by atoms with van der Waals surface area (Å²) in [5, 5.41) is 1.84. The van der Waals surface area contributed by atoms with Crippen molar-refractivity contribution in [2.45, 2.75) is 26.9 Å². The third kappa shape index (κ3) is 3.43. The highest BCUT2D eigenvalue weighted by Gasteiger charge is 2.18. The molecule has 3 aromatic heterocycles. The Morgan fingerprint density at radius 1 is 1.11 bits per heavy atom. The van der Waals surface area contributed by atoms with E-state index in [2.05, 4.69) is 35.9 Å². The van der Waals surface area contributed by atoms with Crippen LogP contribution in [0.25, 0.3) is 21.8 Å². The van der Waals surface area contributed by atoms with E-state index in [1.54, 1.807) is 18.6 Å². The number of aromatic amines is 1. The second kappa shape index (κ2) is 7.20. The molecule has 0 fully saturated rings. The van der Waals surface area contributed by atoms with Crippen LogP contribution in [0.2, 0.25) is 0 Å². The molecule has 8 heteroatoms. The molecule has 142 valence electrons. The second-order valence-electron chi connectivity index (χ2n) is 6.59. The molecule has 0 unspecified atom stereocenters. The Labute approximate surface area is 169 Å². The number of pyridine rings is 1. The first-order chi connectivity index (χ1) is 13.4. The summed E-state index contributed by atoms with van der Waals surface area (Å²) in [5.41, 5.74) is 2.83. The van der Waals surface area contributed by atoms with E-state index in [1.165, 1.54) is 0 Å². The molecule has 0 saturated heterocycles. The van der Waals surface area contributed by atoms with Gasteiger partial charge in [-0.25, -0.2) is 19.7 Å². The van der Waals surface area contributed by atoms with Crippen molar-refractivity contribution in [3.8, 4) is 11.6 Å². The van der Waals surface area contributed by atoms with E-state index in [0.29, 0.717) is 21.9 Å². The van der Waals surface area contributed by atoms with Crippen molar-refractivity contribution in [3.05, 3.63) is 52.7 Å². The lowest BCUT2D eigenvalue weighted by Crippen LogP contribution is -2.14. The zero-order chi connectivity index (χ0) is 19.8. The maximum Gasteiger partial charge on any atom is 0.357 e. The molecule has 0 aliphatic carbocycles. The lowest BCUT2D eigenvalue weighted by Gasteiger charge is -2.10. The minimum atomic E-state index is -0.429. The normalized spacial score (nSPS) is 11.3. The van der Waals surface area contributed by atoms with Crippen LogP contribution >= 0.6 is 15.9 Å². The third-order valence-corrected chi connectivity index (χ3v) is 4.62. The van der Waals surface area contributed by atoms with Crippen LogP contribution < -0.4 is 4.74 Å². The summed E-state index contributed by atoms with van der Waals surface area (Å²) in [7, 11) is 0. The molecule has 0 aliphatic rings. The van der Waals surface area contributed by atoms with Gasteiger partial charge < -0.3 is 14.5 Å². The van der Waals surface area contributed by atoms with E-state index in [1.807, 2.05) is 39.0 Å². The lowest BCUT2D eigenvalue weighted by atomic mass is 10.1. The standard InChI is InChI=1S/C20H17BrN4O3/c1-10(2)27-20(26)19-11(3)18-13-6-12(28-17-9-22-16(21)8-23-17)4-5-14(13)25-15(18)7-24-19/h4-10,25H,1-3H3. The Balaban J connectivity index is 1.79. The van der Waals surface area contributed by atoms with Crippen molar-refractivity contribution in [1.82, 2.24) is 19.9 Å². The van der Waals surface area contributed by atoms with Crippen molar-refractivity contribution in [2.24, 2.45) is 0 Å². The van der Waals surface area contributed by atoms with Crippen molar-refractivity contribution in [1.29, 1.82) is 0 Å². The maximum atomic E-state index is 12.4. The fourth-order valence-electron chi connectivity index (χ4n) is 3.05. The highest BCUT2D eigenvalue weighted by molar-refractivity contribution is 9.10. The molecule has 28 heavy (non-hydrogen) atoms. The average Bonchev–Trinajstić information content (AvgIpc) is 3.02. The Hall–Kier alpha value is -3.00. The van der Waals surface area contributed by atoms with Gasteiger partial charge in [0.1, 0.15) is 10.4 Å². The van der Waals surface area contributed by atoms with Crippen molar-refractivity contribution in [3.63, 3.8) is 0 Å². The zero-order valence-corrected chi connectivity index (χ0v) is 17.1. The number of halogens is 1. The van der Waals surface area contributed by atoms with Gasteiger partial charge in [-0.15, -0.1) is 0 Å². The van der Waals surface area contributed by atoms with Crippen LogP contribution in [0.4, 0.5) is 0 Å². The van der Waals surface area contributed by atoms with E-state index in [0.717, 1.165) is 27.4 Å². The van der Waals surface area contributed by atoms with E-state index >= 15 is 0 Å². The van der Waals surface area contributed by atoms with E-state index in [9.17, 15) is 4.79 Å². The number of hydrogen-bond donors (Lipinski definition) is 1. The van der Waals surface area contributed by atoms with E-state index in [4.69, 9.17) is 9.47 Å². The number of nitrogens with one attached hydrogen (secondary N) is 1. The number of aromatic nitrogens is 4. The van der Waals surface area contributed by atoms with Crippen LogP contribution in [0.3, 0.4) is 0 Å². The van der Waals surface area contributed by atoms with Crippen LogP contribution in [0.1, 0.15) is 29.9 Å². The molecule has 0 saturated carbocycles. The van der Waals surface area contributed by atoms with Crippen molar-refractivity contribution in [2.75, 3.05) is 0 Å². The van der Waals surface area contributed by atoms with Gasteiger partial charge in [0.25, 0.3) is 0 Å². The SMILES string of the molecule is Cc1c(C(=O)OC(C)C)ncc2[nH]c3ccc(Oc4cnc(Br)cn4)cc3c12. The molecule has 4 aromatic rings.